The van der Waals surface area contributed by atoms with Crippen molar-refractivity contribution in [3.8, 4) is 0 Å². The Balaban J connectivity index is 2.26. The van der Waals surface area contributed by atoms with Crippen LogP contribution in [0.4, 0.5) is 0 Å². The predicted molar refractivity (Wildman–Crippen MR) is 218 cm³/mol. The lowest BCUT2D eigenvalue weighted by Crippen LogP contribution is -2.44. The van der Waals surface area contributed by atoms with Gasteiger partial charge in [0.1, 0.15) is 13.2 Å². The van der Waals surface area contributed by atoms with Gasteiger partial charge in [-0.3, -0.25) is 14.5 Å². The number of unbranched alkanes of at least 4 members (excludes halogenated alkanes) is 16. The van der Waals surface area contributed by atoms with Crippen LogP contribution in [-0.2, 0) is 19.1 Å². The molecule has 0 bridgehead atoms. The van der Waals surface area contributed by atoms with Crippen LogP contribution in [0.3, 0.4) is 0 Å². The molecule has 0 aromatic carbocycles. The lowest BCUT2D eigenvalue weighted by molar-refractivity contribution is -0.143. The molecule has 6 heteroatoms. The lowest BCUT2D eigenvalue weighted by atomic mass is 9.93. The van der Waals surface area contributed by atoms with E-state index in [-0.39, 0.29) is 11.9 Å². The molecule has 0 aromatic heterocycles. The van der Waals surface area contributed by atoms with E-state index in [1.165, 1.54) is 142 Å². The maximum Gasteiger partial charge on any atom is 0.306 e. The van der Waals surface area contributed by atoms with Gasteiger partial charge in [0.05, 0.1) is 0 Å². The Morgan fingerprint density at radius 3 is 1.53 bits per heavy atom. The van der Waals surface area contributed by atoms with Crippen LogP contribution in [0.2, 0.25) is 0 Å². The number of hydrogen-bond donors (Lipinski definition) is 0. The average molecular weight is 717 g/mol. The van der Waals surface area contributed by atoms with E-state index in [2.05, 4.69) is 49.8 Å². The number of ether oxygens (including phenoxy) is 2. The number of nitrogens with zero attached hydrogens (tertiary/aromatic N) is 2. The number of piperidine rings is 1. The predicted octanol–water partition coefficient (Wildman–Crippen LogP) is 12.0. The quantitative estimate of drug-likeness (QED) is 0.0370. The van der Waals surface area contributed by atoms with Crippen molar-refractivity contribution in [1.29, 1.82) is 0 Å². The second kappa shape index (κ2) is 35.4. The summed E-state index contributed by atoms with van der Waals surface area (Å²) in [5, 5.41) is 0. The van der Waals surface area contributed by atoms with E-state index in [1.54, 1.807) is 0 Å². The van der Waals surface area contributed by atoms with Crippen LogP contribution in [0.1, 0.15) is 194 Å². The molecule has 6 nitrogen and oxygen atoms in total. The van der Waals surface area contributed by atoms with Crippen molar-refractivity contribution in [1.82, 2.24) is 9.80 Å². The van der Waals surface area contributed by atoms with Gasteiger partial charge in [-0.05, 0) is 97.2 Å². The van der Waals surface area contributed by atoms with Gasteiger partial charge in [0.25, 0.3) is 0 Å². The fourth-order valence-electron chi connectivity index (χ4n) is 7.41. The van der Waals surface area contributed by atoms with E-state index in [4.69, 9.17) is 9.47 Å². The van der Waals surface area contributed by atoms with Crippen LogP contribution < -0.4 is 0 Å². The maximum absolute atomic E-state index is 12.1. The van der Waals surface area contributed by atoms with Gasteiger partial charge in [-0.2, -0.15) is 0 Å². The lowest BCUT2D eigenvalue weighted by Gasteiger charge is -2.35. The van der Waals surface area contributed by atoms with Crippen molar-refractivity contribution < 1.29 is 19.1 Å². The Labute approximate surface area is 316 Å². The molecule has 0 aliphatic carbocycles. The molecular formula is C45H84N2O4. The average Bonchev–Trinajstić information content (AvgIpc) is 3.13. The minimum Gasteiger partial charge on any atom is -0.461 e. The highest BCUT2D eigenvalue weighted by Crippen LogP contribution is 2.21. The monoisotopic (exact) mass is 717 g/mol. The third-order valence-corrected chi connectivity index (χ3v) is 10.6. The molecule has 298 valence electrons. The van der Waals surface area contributed by atoms with Gasteiger partial charge >= 0.3 is 11.9 Å². The zero-order chi connectivity index (χ0) is 37.0. The minimum absolute atomic E-state index is 0.0522. The van der Waals surface area contributed by atoms with Crippen molar-refractivity contribution >= 4 is 11.9 Å². The van der Waals surface area contributed by atoms with E-state index < -0.39 is 0 Å². The number of carbonyl (C=O) groups excluding carboxylic acids is 2. The second-order valence-electron chi connectivity index (χ2n) is 15.7. The van der Waals surface area contributed by atoms with Crippen LogP contribution in [0.15, 0.2) is 24.3 Å². The van der Waals surface area contributed by atoms with Crippen molar-refractivity contribution in [3.05, 3.63) is 24.3 Å². The van der Waals surface area contributed by atoms with Crippen LogP contribution in [0, 0.1) is 5.92 Å². The molecule has 1 fully saturated rings. The topological polar surface area (TPSA) is 59.1 Å². The standard InChI is InChI=1S/C45H84N2O4/c1-5-7-9-11-13-21-30-38-50-44(48)34-26-19-15-17-24-32-43(41-46(4)40-42(3)47-36-28-23-29-37-47)33-25-18-16-20-27-35-45(49)51-39-31-22-14-12-10-8-6-2/h21-22,30-31,42-43H,5-20,23-29,32-41H2,1-4H3/b30-21+,31-22+. The van der Waals surface area contributed by atoms with Crippen LogP contribution >= 0.6 is 0 Å². The van der Waals surface area contributed by atoms with Crippen LogP contribution in [0.5, 0.6) is 0 Å². The van der Waals surface area contributed by atoms with Gasteiger partial charge in [-0.1, -0.05) is 134 Å². The van der Waals surface area contributed by atoms with Crippen molar-refractivity contribution in [2.45, 2.75) is 200 Å². The zero-order valence-corrected chi connectivity index (χ0v) is 34.3. The molecule has 0 spiro atoms. The van der Waals surface area contributed by atoms with Gasteiger partial charge in [0.15, 0.2) is 0 Å². The summed E-state index contributed by atoms with van der Waals surface area (Å²) in [6, 6.07) is 0.632. The van der Waals surface area contributed by atoms with Crippen LogP contribution in [-0.4, -0.2) is 74.2 Å². The first-order valence-corrected chi connectivity index (χ1v) is 22.0. The summed E-state index contributed by atoms with van der Waals surface area (Å²) in [5.41, 5.74) is 0. The molecule has 1 unspecified atom stereocenters. The summed E-state index contributed by atoms with van der Waals surface area (Å²) >= 11 is 0. The second-order valence-corrected chi connectivity index (χ2v) is 15.7. The van der Waals surface area contributed by atoms with Crippen molar-refractivity contribution in [3.63, 3.8) is 0 Å². The number of hydrogen-bond acceptors (Lipinski definition) is 6. The van der Waals surface area contributed by atoms with E-state index in [1.807, 2.05) is 12.2 Å². The number of rotatable bonds is 35. The molecule has 1 aliphatic heterocycles. The van der Waals surface area contributed by atoms with Crippen molar-refractivity contribution in [2.24, 2.45) is 5.92 Å². The van der Waals surface area contributed by atoms with E-state index in [0.29, 0.717) is 32.1 Å². The Kier molecular flexibility index (Phi) is 32.8. The van der Waals surface area contributed by atoms with Gasteiger partial charge in [-0.25, -0.2) is 0 Å². The zero-order valence-electron chi connectivity index (χ0n) is 34.3. The number of allylic oxidation sites excluding steroid dienone is 2. The Bertz CT molecular complexity index is 801. The third kappa shape index (κ3) is 30.5. The molecule has 1 saturated heterocycles. The number of likely N-dealkylation sites (N-methyl/N-ethyl adjacent to an activating group) is 1. The normalized spacial score (nSPS) is 14.7. The van der Waals surface area contributed by atoms with Gasteiger partial charge in [0, 0.05) is 32.0 Å². The fourth-order valence-corrected chi connectivity index (χ4v) is 7.41. The Morgan fingerprint density at radius 2 is 1.04 bits per heavy atom. The smallest absolute Gasteiger partial charge is 0.306 e. The van der Waals surface area contributed by atoms with E-state index >= 15 is 0 Å². The summed E-state index contributed by atoms with van der Waals surface area (Å²) < 4.78 is 10.8. The Morgan fingerprint density at radius 1 is 0.588 bits per heavy atom. The number of likely N-dealkylation sites (tertiary alicyclic amines) is 1. The molecule has 0 radical (unpaired) electrons. The molecule has 1 rings (SSSR count). The largest absolute Gasteiger partial charge is 0.461 e. The Hall–Kier alpha value is -1.66. The molecule has 1 atom stereocenters. The first kappa shape index (κ1) is 47.4. The molecule has 1 aliphatic rings. The highest BCUT2D eigenvalue weighted by molar-refractivity contribution is 5.69. The van der Waals surface area contributed by atoms with E-state index in [9.17, 15) is 9.59 Å². The molecule has 0 aromatic rings. The first-order valence-electron chi connectivity index (χ1n) is 22.0. The molecule has 51 heavy (non-hydrogen) atoms. The summed E-state index contributed by atoms with van der Waals surface area (Å²) in [6.07, 6.45) is 40.0. The van der Waals surface area contributed by atoms with Gasteiger partial charge in [0.2, 0.25) is 0 Å². The summed E-state index contributed by atoms with van der Waals surface area (Å²) in [5.74, 6) is 0.639. The molecule has 0 saturated carbocycles. The molecule has 0 N–H and O–H groups in total. The molecule has 0 amide bonds. The summed E-state index contributed by atoms with van der Waals surface area (Å²) in [6.45, 7) is 12.6. The van der Waals surface area contributed by atoms with E-state index in [0.717, 1.165) is 51.0 Å². The summed E-state index contributed by atoms with van der Waals surface area (Å²) in [4.78, 5) is 29.5. The van der Waals surface area contributed by atoms with Crippen LogP contribution in [0.25, 0.3) is 0 Å². The fraction of sp³-hybridized carbons (Fsp3) is 0.867. The highest BCUT2D eigenvalue weighted by atomic mass is 16.5. The van der Waals surface area contributed by atoms with Crippen molar-refractivity contribution in [2.75, 3.05) is 46.4 Å². The molecular weight excluding hydrogens is 633 g/mol. The van der Waals surface area contributed by atoms with Gasteiger partial charge < -0.3 is 14.4 Å². The minimum atomic E-state index is -0.0522. The van der Waals surface area contributed by atoms with Gasteiger partial charge in [-0.15, -0.1) is 0 Å². The third-order valence-electron chi connectivity index (χ3n) is 10.6. The number of esters is 2. The first-order chi connectivity index (χ1) is 25.0. The maximum atomic E-state index is 12.1. The number of carbonyl (C=O) groups is 2. The molecule has 1 heterocycles. The highest BCUT2D eigenvalue weighted by Gasteiger charge is 2.19. The SMILES string of the molecule is CCCCCC/C=C/COC(=O)CCCCCCCC(CCCCCCCC(=O)OC/C=C/CCCCCC)CN(C)CC(C)N1CCCCC1. The summed E-state index contributed by atoms with van der Waals surface area (Å²) in [7, 11) is 2.33.